The first-order valence-electron chi connectivity index (χ1n) is 5.64. The molecule has 0 fully saturated rings. The van der Waals surface area contributed by atoms with Gasteiger partial charge in [-0.2, -0.15) is 0 Å². The maximum Gasteiger partial charge on any atom is 0.127 e. The van der Waals surface area contributed by atoms with Gasteiger partial charge in [0.15, 0.2) is 0 Å². The third-order valence-electron chi connectivity index (χ3n) is 2.47. The van der Waals surface area contributed by atoms with Crippen LogP contribution in [0.25, 0.3) is 0 Å². The van der Waals surface area contributed by atoms with Crippen molar-refractivity contribution >= 4 is 11.5 Å². The molecule has 0 amide bonds. The Bertz CT molecular complexity index is 452. The Labute approximate surface area is 101 Å². The molecule has 0 aliphatic heterocycles. The molecular weight excluding hydrogens is 214 g/mol. The van der Waals surface area contributed by atoms with Crippen LogP contribution in [0.15, 0.2) is 37.1 Å². The average Bonchev–Trinajstić information content (AvgIpc) is 2.82. The van der Waals surface area contributed by atoms with Crippen LogP contribution in [0.5, 0.6) is 0 Å². The van der Waals surface area contributed by atoms with Gasteiger partial charge in [0, 0.05) is 50.0 Å². The fraction of sp³-hybridized carbons (Fsp3) is 0.333. The first-order valence-corrected chi connectivity index (χ1v) is 5.64. The van der Waals surface area contributed by atoms with Crippen molar-refractivity contribution in [1.82, 2.24) is 14.5 Å². The summed E-state index contributed by atoms with van der Waals surface area (Å²) < 4.78 is 2.05. The Balaban J connectivity index is 1.95. The van der Waals surface area contributed by atoms with E-state index in [0.717, 1.165) is 18.1 Å². The van der Waals surface area contributed by atoms with Gasteiger partial charge in [-0.15, -0.1) is 0 Å². The van der Waals surface area contributed by atoms with Crippen LogP contribution in [-0.4, -0.2) is 27.6 Å². The van der Waals surface area contributed by atoms with E-state index < -0.39 is 0 Å². The molecule has 5 nitrogen and oxygen atoms in total. The van der Waals surface area contributed by atoms with Crippen molar-refractivity contribution in [3.63, 3.8) is 0 Å². The van der Waals surface area contributed by atoms with Crippen molar-refractivity contribution < 1.29 is 0 Å². The number of nitrogens with zero attached hydrogens (tertiary/aromatic N) is 3. The van der Waals surface area contributed by atoms with Crippen molar-refractivity contribution in [2.24, 2.45) is 0 Å². The van der Waals surface area contributed by atoms with E-state index in [1.165, 1.54) is 0 Å². The van der Waals surface area contributed by atoms with Gasteiger partial charge in [-0.25, -0.2) is 9.97 Å². The molecule has 2 aromatic rings. The Hall–Kier alpha value is -2.04. The van der Waals surface area contributed by atoms with Gasteiger partial charge in [-0.05, 0) is 13.0 Å². The molecule has 2 N–H and O–H groups in total. The van der Waals surface area contributed by atoms with Crippen LogP contribution in [-0.2, 0) is 6.54 Å². The smallest absolute Gasteiger partial charge is 0.127 e. The molecule has 1 unspecified atom stereocenters. The molecule has 2 heterocycles. The highest BCUT2D eigenvalue weighted by atomic mass is 15.1. The highest BCUT2D eigenvalue weighted by Gasteiger charge is 2.03. The number of imidazole rings is 1. The third kappa shape index (κ3) is 3.21. The summed E-state index contributed by atoms with van der Waals surface area (Å²) in [5.74, 6) is 0.866. The number of hydrogen-bond acceptors (Lipinski definition) is 4. The quantitative estimate of drug-likeness (QED) is 0.824. The molecule has 0 saturated heterocycles. The topological polar surface area (TPSA) is 54.8 Å². The van der Waals surface area contributed by atoms with Crippen molar-refractivity contribution in [1.29, 1.82) is 0 Å². The minimum atomic E-state index is 0.330. The molecule has 17 heavy (non-hydrogen) atoms. The van der Waals surface area contributed by atoms with Gasteiger partial charge in [-0.1, -0.05) is 0 Å². The lowest BCUT2D eigenvalue weighted by atomic mass is 10.3. The van der Waals surface area contributed by atoms with Gasteiger partial charge in [-0.3, -0.25) is 0 Å². The molecule has 0 aliphatic carbocycles. The van der Waals surface area contributed by atoms with Crippen LogP contribution >= 0.6 is 0 Å². The second-order valence-electron chi connectivity index (χ2n) is 3.98. The second kappa shape index (κ2) is 5.34. The summed E-state index contributed by atoms with van der Waals surface area (Å²) in [6.45, 7) is 3.02. The fourth-order valence-corrected chi connectivity index (χ4v) is 1.70. The van der Waals surface area contributed by atoms with Crippen LogP contribution in [0.2, 0.25) is 0 Å². The number of aromatic nitrogens is 3. The van der Waals surface area contributed by atoms with Crippen LogP contribution in [0.4, 0.5) is 11.5 Å². The predicted octanol–water partition coefficient (Wildman–Crippen LogP) is 1.82. The normalized spacial score (nSPS) is 12.1. The van der Waals surface area contributed by atoms with Crippen molar-refractivity contribution in [2.45, 2.75) is 19.5 Å². The lowest BCUT2D eigenvalue weighted by Gasteiger charge is -2.16. The van der Waals surface area contributed by atoms with Crippen molar-refractivity contribution in [3.8, 4) is 0 Å². The number of anilines is 2. The molecule has 0 radical (unpaired) electrons. The van der Waals surface area contributed by atoms with E-state index in [4.69, 9.17) is 0 Å². The second-order valence-corrected chi connectivity index (χ2v) is 3.98. The van der Waals surface area contributed by atoms with Gasteiger partial charge in [0.1, 0.15) is 5.82 Å². The minimum Gasteiger partial charge on any atom is -0.381 e. The van der Waals surface area contributed by atoms with E-state index in [1.54, 1.807) is 12.4 Å². The first kappa shape index (κ1) is 11.4. The van der Waals surface area contributed by atoms with E-state index in [-0.39, 0.29) is 0 Å². The molecule has 2 rings (SSSR count). The van der Waals surface area contributed by atoms with Gasteiger partial charge in [0.25, 0.3) is 0 Å². The Morgan fingerprint density at radius 3 is 3.00 bits per heavy atom. The minimum absolute atomic E-state index is 0.330. The Kier molecular flexibility index (Phi) is 3.59. The molecule has 90 valence electrons. The van der Waals surface area contributed by atoms with E-state index in [9.17, 15) is 0 Å². The summed E-state index contributed by atoms with van der Waals surface area (Å²) in [7, 11) is 1.86. The number of hydrogen-bond donors (Lipinski definition) is 2. The zero-order valence-electron chi connectivity index (χ0n) is 10.1. The lowest BCUT2D eigenvalue weighted by Crippen LogP contribution is -2.21. The van der Waals surface area contributed by atoms with Crippen molar-refractivity contribution in [2.75, 3.05) is 17.7 Å². The number of pyridine rings is 1. The van der Waals surface area contributed by atoms with Gasteiger partial charge < -0.3 is 15.2 Å². The van der Waals surface area contributed by atoms with E-state index in [1.807, 2.05) is 31.7 Å². The molecule has 0 saturated carbocycles. The Morgan fingerprint density at radius 2 is 2.29 bits per heavy atom. The average molecular weight is 231 g/mol. The lowest BCUT2D eigenvalue weighted by molar-refractivity contribution is 0.619. The number of nitrogens with one attached hydrogen (secondary N) is 2. The largest absolute Gasteiger partial charge is 0.381 e. The highest BCUT2D eigenvalue weighted by molar-refractivity contribution is 5.51. The predicted molar refractivity (Wildman–Crippen MR) is 69.1 cm³/mol. The van der Waals surface area contributed by atoms with E-state index in [0.29, 0.717) is 6.04 Å². The van der Waals surface area contributed by atoms with Crippen LogP contribution < -0.4 is 10.6 Å². The SMILES string of the molecule is CNc1cc(NC(C)Cn2ccnc2)ccn1. The number of rotatable bonds is 5. The maximum absolute atomic E-state index is 4.17. The fourth-order valence-electron chi connectivity index (χ4n) is 1.70. The zero-order chi connectivity index (χ0) is 12.1. The summed E-state index contributed by atoms with van der Waals surface area (Å²) in [6, 6.07) is 4.28. The van der Waals surface area contributed by atoms with Gasteiger partial charge in [0.2, 0.25) is 0 Å². The van der Waals surface area contributed by atoms with Crippen LogP contribution in [0.1, 0.15) is 6.92 Å². The molecular formula is C12H17N5. The molecule has 0 spiro atoms. The molecule has 5 heteroatoms. The van der Waals surface area contributed by atoms with Crippen LogP contribution in [0.3, 0.4) is 0 Å². The zero-order valence-corrected chi connectivity index (χ0v) is 10.1. The van der Waals surface area contributed by atoms with Crippen molar-refractivity contribution in [3.05, 3.63) is 37.1 Å². The van der Waals surface area contributed by atoms with Crippen LogP contribution in [0, 0.1) is 0 Å². The van der Waals surface area contributed by atoms with Gasteiger partial charge >= 0.3 is 0 Å². The van der Waals surface area contributed by atoms with E-state index in [2.05, 4.69) is 32.1 Å². The summed E-state index contributed by atoms with van der Waals surface area (Å²) in [6.07, 6.45) is 7.36. The first-order chi connectivity index (χ1) is 8.28. The standard InChI is InChI=1S/C12H17N5/c1-10(8-17-6-5-14-9-17)16-11-3-4-15-12(7-11)13-2/h3-7,9-10H,8H2,1-2H3,(H2,13,15,16). The highest BCUT2D eigenvalue weighted by Crippen LogP contribution is 2.12. The maximum atomic E-state index is 4.17. The monoisotopic (exact) mass is 231 g/mol. The third-order valence-corrected chi connectivity index (χ3v) is 2.47. The molecule has 0 aliphatic rings. The molecule has 2 aromatic heterocycles. The summed E-state index contributed by atoms with van der Waals surface area (Å²) in [5, 5.41) is 6.45. The Morgan fingerprint density at radius 1 is 1.41 bits per heavy atom. The molecule has 0 bridgehead atoms. The van der Waals surface area contributed by atoms with Gasteiger partial charge in [0.05, 0.1) is 6.33 Å². The van der Waals surface area contributed by atoms with E-state index >= 15 is 0 Å². The molecule has 0 aromatic carbocycles. The molecule has 1 atom stereocenters. The summed E-state index contributed by atoms with van der Waals surface area (Å²) in [5.41, 5.74) is 1.07. The summed E-state index contributed by atoms with van der Waals surface area (Å²) in [4.78, 5) is 8.20. The summed E-state index contributed by atoms with van der Waals surface area (Å²) >= 11 is 0.